The molecule has 0 aliphatic rings. The minimum absolute atomic E-state index is 0.0810. The highest BCUT2D eigenvalue weighted by atomic mass is 16.5. The molecule has 9 heteroatoms. The van der Waals surface area contributed by atoms with Crippen LogP contribution in [0.15, 0.2) is 70.3 Å². The van der Waals surface area contributed by atoms with Crippen LogP contribution in [0.5, 0.6) is 0 Å². The Balaban J connectivity index is 1.93. The van der Waals surface area contributed by atoms with Gasteiger partial charge in [-0.25, -0.2) is 4.79 Å². The average molecular weight is 465 g/mol. The van der Waals surface area contributed by atoms with Crippen molar-refractivity contribution in [3.05, 3.63) is 98.2 Å². The van der Waals surface area contributed by atoms with Gasteiger partial charge in [-0.05, 0) is 11.1 Å². The van der Waals surface area contributed by atoms with Crippen LogP contribution in [0.25, 0.3) is 0 Å². The topological polar surface area (TPSA) is 117 Å². The average Bonchev–Trinajstić information content (AvgIpc) is 2.85. The number of ketones is 1. The van der Waals surface area contributed by atoms with Gasteiger partial charge in [-0.15, -0.1) is 0 Å². The van der Waals surface area contributed by atoms with Gasteiger partial charge in [-0.2, -0.15) is 0 Å². The molecule has 0 unspecified atom stereocenters. The van der Waals surface area contributed by atoms with Crippen molar-refractivity contribution in [2.45, 2.75) is 19.5 Å². The van der Waals surface area contributed by atoms with Crippen molar-refractivity contribution in [1.82, 2.24) is 14.0 Å². The van der Waals surface area contributed by atoms with E-state index in [-0.39, 0.29) is 37.4 Å². The molecule has 1 aromatic heterocycles. The molecule has 0 amide bonds. The largest absolute Gasteiger partial charge is 0.469 e. The number of Topliss-reactive ketones (excluding diaryl/α,β-unsaturated/α-hetero) is 1. The summed E-state index contributed by atoms with van der Waals surface area (Å²) in [4.78, 5) is 52.3. The van der Waals surface area contributed by atoms with Crippen LogP contribution in [0.4, 0.5) is 5.82 Å². The number of aromatic nitrogens is 2. The highest BCUT2D eigenvalue weighted by molar-refractivity contribution is 6.01. The van der Waals surface area contributed by atoms with Gasteiger partial charge in [0.15, 0.2) is 5.78 Å². The summed E-state index contributed by atoms with van der Waals surface area (Å²) in [6, 6.07) is 18.6. The lowest BCUT2D eigenvalue weighted by Gasteiger charge is -2.22. The van der Waals surface area contributed by atoms with Crippen LogP contribution in [0, 0.1) is 0 Å². The zero-order valence-corrected chi connectivity index (χ0v) is 19.3. The first kappa shape index (κ1) is 24.7. The van der Waals surface area contributed by atoms with Crippen molar-refractivity contribution >= 4 is 17.6 Å². The van der Waals surface area contributed by atoms with Gasteiger partial charge in [-0.3, -0.25) is 28.4 Å². The number of hydrogen-bond donors (Lipinski definition) is 1. The summed E-state index contributed by atoms with van der Waals surface area (Å²) in [6.07, 6.45) is 0.0810. The quantitative estimate of drug-likeness (QED) is 0.356. The number of methoxy groups -OCH3 is 1. The Morgan fingerprint density at radius 2 is 1.56 bits per heavy atom. The van der Waals surface area contributed by atoms with Gasteiger partial charge in [0.1, 0.15) is 11.4 Å². The number of nitrogen functional groups attached to an aromatic ring is 1. The van der Waals surface area contributed by atoms with E-state index >= 15 is 0 Å². The molecule has 0 saturated heterocycles. The highest BCUT2D eigenvalue weighted by Gasteiger charge is 2.24. The second-order valence-electron chi connectivity index (χ2n) is 7.92. The van der Waals surface area contributed by atoms with Gasteiger partial charge in [0.2, 0.25) is 0 Å². The van der Waals surface area contributed by atoms with Crippen LogP contribution in [0.2, 0.25) is 0 Å². The van der Waals surface area contributed by atoms with E-state index in [1.54, 1.807) is 4.90 Å². The molecule has 0 fully saturated rings. The predicted molar refractivity (Wildman–Crippen MR) is 129 cm³/mol. The predicted octanol–water partition coefficient (Wildman–Crippen LogP) is 1.43. The first-order valence-corrected chi connectivity index (χ1v) is 10.8. The van der Waals surface area contributed by atoms with E-state index in [0.717, 1.165) is 15.7 Å². The molecule has 0 atom stereocenters. The third kappa shape index (κ3) is 5.87. The maximum atomic E-state index is 13.3. The fraction of sp³-hybridized carbons (Fsp3) is 0.280. The zero-order chi connectivity index (χ0) is 24.7. The van der Waals surface area contributed by atoms with Crippen molar-refractivity contribution in [2.24, 2.45) is 7.05 Å². The summed E-state index contributed by atoms with van der Waals surface area (Å²) in [5.74, 6) is -1.10. The molecule has 2 aromatic carbocycles. The first-order valence-electron chi connectivity index (χ1n) is 10.8. The van der Waals surface area contributed by atoms with Gasteiger partial charge < -0.3 is 10.5 Å². The number of hydrogen-bond acceptors (Lipinski definition) is 7. The minimum atomic E-state index is -0.746. The van der Waals surface area contributed by atoms with Crippen molar-refractivity contribution in [3.8, 4) is 0 Å². The lowest BCUT2D eigenvalue weighted by Crippen LogP contribution is -2.44. The Morgan fingerprint density at radius 3 is 2.15 bits per heavy atom. The fourth-order valence-electron chi connectivity index (χ4n) is 3.65. The normalized spacial score (nSPS) is 10.9. The zero-order valence-electron chi connectivity index (χ0n) is 19.3. The molecule has 9 nitrogen and oxygen atoms in total. The Bertz CT molecular complexity index is 1270. The molecular weight excluding hydrogens is 436 g/mol. The van der Waals surface area contributed by atoms with Crippen molar-refractivity contribution in [1.29, 1.82) is 0 Å². The number of esters is 1. The van der Waals surface area contributed by atoms with E-state index in [9.17, 15) is 19.2 Å². The lowest BCUT2D eigenvalue weighted by atomic mass is 10.1. The molecule has 0 bridgehead atoms. The van der Waals surface area contributed by atoms with Crippen molar-refractivity contribution in [3.63, 3.8) is 0 Å². The smallest absolute Gasteiger partial charge is 0.332 e. The third-order valence-electron chi connectivity index (χ3n) is 5.52. The molecule has 178 valence electrons. The van der Waals surface area contributed by atoms with Crippen LogP contribution in [-0.4, -0.2) is 46.0 Å². The fourth-order valence-corrected chi connectivity index (χ4v) is 3.65. The minimum Gasteiger partial charge on any atom is -0.469 e. The van der Waals surface area contributed by atoms with Gasteiger partial charge in [-0.1, -0.05) is 60.7 Å². The third-order valence-corrected chi connectivity index (χ3v) is 5.52. The molecule has 34 heavy (non-hydrogen) atoms. The SMILES string of the molecule is COC(=O)CCN(CC(=O)c1c(N)n(Cc2ccccc2)c(=O)n(C)c1=O)Cc1ccccc1. The number of nitrogens with zero attached hydrogens (tertiary/aromatic N) is 3. The number of anilines is 1. The maximum Gasteiger partial charge on any atom is 0.332 e. The summed E-state index contributed by atoms with van der Waals surface area (Å²) in [5.41, 5.74) is 6.36. The summed E-state index contributed by atoms with van der Waals surface area (Å²) < 4.78 is 6.83. The van der Waals surface area contributed by atoms with E-state index in [1.807, 2.05) is 60.7 Å². The van der Waals surface area contributed by atoms with Crippen LogP contribution in [-0.2, 0) is 29.7 Å². The summed E-state index contributed by atoms with van der Waals surface area (Å²) in [7, 11) is 2.62. The molecule has 0 radical (unpaired) electrons. The van der Waals surface area contributed by atoms with E-state index in [4.69, 9.17) is 10.5 Å². The van der Waals surface area contributed by atoms with Crippen molar-refractivity contribution < 1.29 is 14.3 Å². The maximum absolute atomic E-state index is 13.3. The highest BCUT2D eigenvalue weighted by Crippen LogP contribution is 2.12. The second-order valence-corrected chi connectivity index (χ2v) is 7.92. The van der Waals surface area contributed by atoms with Crippen LogP contribution < -0.4 is 17.0 Å². The number of ether oxygens (including phenoxy) is 1. The molecule has 0 saturated carbocycles. The molecular formula is C25H28N4O5. The molecule has 3 rings (SSSR count). The molecule has 2 N–H and O–H groups in total. The van der Waals surface area contributed by atoms with Crippen LogP contribution in [0.1, 0.15) is 27.9 Å². The Morgan fingerprint density at radius 1 is 0.971 bits per heavy atom. The Hall–Kier alpha value is -3.98. The second kappa shape index (κ2) is 11.2. The Kier molecular flexibility index (Phi) is 8.15. The van der Waals surface area contributed by atoms with Crippen LogP contribution >= 0.6 is 0 Å². The van der Waals surface area contributed by atoms with Gasteiger partial charge in [0.05, 0.1) is 26.6 Å². The first-order chi connectivity index (χ1) is 16.3. The molecule has 0 aliphatic carbocycles. The number of carbonyl (C=O) groups is 2. The summed E-state index contributed by atoms with van der Waals surface area (Å²) >= 11 is 0. The van der Waals surface area contributed by atoms with Gasteiger partial charge in [0.25, 0.3) is 5.56 Å². The standard InChI is InChI=1S/C25H28N4O5/c1-27-24(32)22(23(26)29(25(27)33)16-19-11-7-4-8-12-19)20(30)17-28(14-13-21(31)34-2)15-18-9-5-3-6-10-18/h3-12H,13-17,26H2,1-2H3. The number of rotatable bonds is 10. The monoisotopic (exact) mass is 464 g/mol. The van der Waals surface area contributed by atoms with E-state index in [1.165, 1.54) is 18.7 Å². The van der Waals surface area contributed by atoms with Crippen molar-refractivity contribution in [2.75, 3.05) is 25.9 Å². The van der Waals surface area contributed by atoms with E-state index < -0.39 is 23.0 Å². The molecule has 1 heterocycles. The van der Waals surface area contributed by atoms with Gasteiger partial charge in [0, 0.05) is 20.1 Å². The number of nitrogens with two attached hydrogens (primary N) is 1. The molecule has 0 spiro atoms. The summed E-state index contributed by atoms with van der Waals surface area (Å²) in [5, 5.41) is 0. The number of carbonyl (C=O) groups excluding carboxylic acids is 2. The van der Waals surface area contributed by atoms with Crippen LogP contribution in [0.3, 0.4) is 0 Å². The summed E-state index contributed by atoms with van der Waals surface area (Å²) in [6.45, 7) is 0.593. The molecule has 0 aliphatic heterocycles. The van der Waals surface area contributed by atoms with E-state index in [2.05, 4.69) is 0 Å². The molecule has 3 aromatic rings. The lowest BCUT2D eigenvalue weighted by molar-refractivity contribution is -0.141. The van der Waals surface area contributed by atoms with Gasteiger partial charge >= 0.3 is 11.7 Å². The number of benzene rings is 2. The van der Waals surface area contributed by atoms with E-state index in [0.29, 0.717) is 6.54 Å². The Labute approximate surface area is 197 Å².